The van der Waals surface area contributed by atoms with E-state index in [0.29, 0.717) is 11.0 Å². The Bertz CT molecular complexity index is 1010. The molecule has 0 saturated carbocycles. The van der Waals surface area contributed by atoms with E-state index in [1.54, 1.807) is 24.3 Å². The lowest BCUT2D eigenvalue weighted by Crippen LogP contribution is -2.14. The van der Waals surface area contributed by atoms with Crippen LogP contribution in [0.3, 0.4) is 0 Å². The molecule has 0 saturated heterocycles. The summed E-state index contributed by atoms with van der Waals surface area (Å²) < 4.78 is 31.9. The zero-order valence-electron chi connectivity index (χ0n) is 11.4. The summed E-state index contributed by atoms with van der Waals surface area (Å²) >= 11 is 0. The molecule has 0 fully saturated rings. The number of rotatable bonds is 3. The van der Waals surface area contributed by atoms with E-state index >= 15 is 0 Å². The summed E-state index contributed by atoms with van der Waals surface area (Å²) in [5.41, 5.74) is 5.43. The molecule has 10 heteroatoms. The van der Waals surface area contributed by atoms with Crippen molar-refractivity contribution in [3.8, 4) is 11.4 Å². The average Bonchev–Trinajstić information content (AvgIpc) is 2.89. The van der Waals surface area contributed by atoms with Crippen molar-refractivity contribution < 1.29 is 22.9 Å². The van der Waals surface area contributed by atoms with Gasteiger partial charge in [-0.1, -0.05) is 12.1 Å². The number of aromatic nitrogens is 3. The molecule has 0 spiro atoms. The van der Waals surface area contributed by atoms with E-state index in [1.165, 1.54) is 0 Å². The molecule has 1 heterocycles. The predicted octanol–water partition coefficient (Wildman–Crippen LogP) is 0.472. The molecule has 23 heavy (non-hydrogen) atoms. The van der Waals surface area contributed by atoms with Gasteiger partial charge in [0.2, 0.25) is 0 Å². The van der Waals surface area contributed by atoms with Gasteiger partial charge < -0.3 is 10.8 Å². The first-order valence-corrected chi connectivity index (χ1v) is 7.68. The quantitative estimate of drug-likeness (QED) is 0.589. The number of benzene rings is 2. The standard InChI is InChI=1S/C13H10N4O5S/c14-13(19)8-5-7(23(20,21)22)6-11(12(8)18)17-15-9-3-1-2-4-10(9)16-17/h1-6,18H,(H2,14,19)(H,20,21,22). The number of nitrogens with zero attached hydrogens (tertiary/aromatic N) is 3. The number of hydrogen-bond donors (Lipinski definition) is 3. The van der Waals surface area contributed by atoms with Crippen molar-refractivity contribution in [1.29, 1.82) is 0 Å². The van der Waals surface area contributed by atoms with Crippen molar-refractivity contribution in [1.82, 2.24) is 15.0 Å². The fourth-order valence-corrected chi connectivity index (χ4v) is 2.58. The minimum Gasteiger partial charge on any atom is -0.505 e. The van der Waals surface area contributed by atoms with E-state index in [9.17, 15) is 22.9 Å². The van der Waals surface area contributed by atoms with E-state index in [-0.39, 0.29) is 5.69 Å². The molecule has 0 bridgehead atoms. The van der Waals surface area contributed by atoms with Gasteiger partial charge in [-0.2, -0.15) is 8.42 Å². The molecule has 0 unspecified atom stereocenters. The van der Waals surface area contributed by atoms with Gasteiger partial charge >= 0.3 is 0 Å². The average molecular weight is 334 g/mol. The molecule has 0 aliphatic carbocycles. The number of aromatic hydroxyl groups is 1. The molecule has 3 aromatic rings. The molecule has 2 aromatic carbocycles. The van der Waals surface area contributed by atoms with Crippen LogP contribution in [0.2, 0.25) is 0 Å². The Morgan fingerprint density at radius 2 is 1.70 bits per heavy atom. The zero-order valence-corrected chi connectivity index (χ0v) is 12.2. The Balaban J connectivity index is 2.33. The number of amides is 1. The van der Waals surface area contributed by atoms with Crippen LogP contribution in [0.25, 0.3) is 16.7 Å². The Kier molecular flexibility index (Phi) is 3.27. The lowest BCUT2D eigenvalue weighted by molar-refractivity contribution is 0.0997. The second-order valence-corrected chi connectivity index (χ2v) is 6.08. The van der Waals surface area contributed by atoms with Gasteiger partial charge in [0.25, 0.3) is 16.0 Å². The Morgan fingerprint density at radius 3 is 2.17 bits per heavy atom. The molecule has 9 nitrogen and oxygen atoms in total. The summed E-state index contributed by atoms with van der Waals surface area (Å²) in [6.07, 6.45) is 0. The lowest BCUT2D eigenvalue weighted by atomic mass is 10.1. The smallest absolute Gasteiger partial charge is 0.294 e. The highest BCUT2D eigenvalue weighted by Crippen LogP contribution is 2.29. The first-order chi connectivity index (χ1) is 10.8. The second kappa shape index (κ2) is 5.04. The van der Waals surface area contributed by atoms with Crippen LogP contribution in [0.4, 0.5) is 0 Å². The summed E-state index contributed by atoms with van der Waals surface area (Å²) in [7, 11) is -4.62. The molecular weight excluding hydrogens is 324 g/mol. The van der Waals surface area contributed by atoms with E-state index in [1.807, 2.05) is 0 Å². The highest BCUT2D eigenvalue weighted by atomic mass is 32.2. The molecule has 0 radical (unpaired) electrons. The minimum absolute atomic E-state index is 0.204. The molecule has 0 aliphatic rings. The molecule has 4 N–H and O–H groups in total. The molecule has 0 aliphatic heterocycles. The number of fused-ring (bicyclic) bond motifs is 1. The largest absolute Gasteiger partial charge is 0.505 e. The summed E-state index contributed by atoms with van der Waals surface area (Å²) in [6.45, 7) is 0. The molecule has 1 amide bonds. The van der Waals surface area contributed by atoms with Crippen molar-refractivity contribution in [3.05, 3.63) is 42.0 Å². The Morgan fingerprint density at radius 1 is 1.13 bits per heavy atom. The Labute approximate surface area is 129 Å². The van der Waals surface area contributed by atoms with Gasteiger partial charge in [0.15, 0.2) is 5.75 Å². The van der Waals surface area contributed by atoms with Crippen LogP contribution in [0, 0.1) is 0 Å². The number of phenols is 1. The maximum Gasteiger partial charge on any atom is 0.294 e. The van der Waals surface area contributed by atoms with Crippen molar-refractivity contribution in [2.24, 2.45) is 5.73 Å². The monoisotopic (exact) mass is 334 g/mol. The van der Waals surface area contributed by atoms with Crippen molar-refractivity contribution in [2.75, 3.05) is 0 Å². The van der Waals surface area contributed by atoms with Gasteiger partial charge in [0.05, 0.1) is 10.5 Å². The number of carbonyl (C=O) groups excluding carboxylic acids is 1. The molecular formula is C13H10N4O5S. The van der Waals surface area contributed by atoms with Gasteiger partial charge in [-0.05, 0) is 24.3 Å². The van der Waals surface area contributed by atoms with Crippen LogP contribution >= 0.6 is 0 Å². The third kappa shape index (κ3) is 2.60. The fourth-order valence-electron chi connectivity index (χ4n) is 2.05. The van der Waals surface area contributed by atoms with Crippen molar-refractivity contribution in [2.45, 2.75) is 4.90 Å². The fraction of sp³-hybridized carbons (Fsp3) is 0. The third-order valence-corrected chi connectivity index (χ3v) is 3.96. The topological polar surface area (TPSA) is 148 Å². The number of carbonyl (C=O) groups is 1. The van der Waals surface area contributed by atoms with Crippen LogP contribution < -0.4 is 5.73 Å². The van der Waals surface area contributed by atoms with E-state index in [2.05, 4.69) is 10.2 Å². The molecule has 3 rings (SSSR count). The predicted molar refractivity (Wildman–Crippen MR) is 78.9 cm³/mol. The first-order valence-electron chi connectivity index (χ1n) is 6.24. The molecule has 0 atom stereocenters. The number of nitrogens with two attached hydrogens (primary N) is 1. The van der Waals surface area contributed by atoms with Crippen LogP contribution in [0.5, 0.6) is 5.75 Å². The summed E-state index contributed by atoms with van der Waals surface area (Å²) in [5, 5.41) is 18.3. The van der Waals surface area contributed by atoms with E-state index in [0.717, 1.165) is 16.9 Å². The van der Waals surface area contributed by atoms with Crippen LogP contribution in [0.1, 0.15) is 10.4 Å². The van der Waals surface area contributed by atoms with Crippen LogP contribution in [-0.2, 0) is 10.1 Å². The van der Waals surface area contributed by atoms with Gasteiger partial charge in [-0.3, -0.25) is 9.35 Å². The second-order valence-electron chi connectivity index (χ2n) is 4.66. The van der Waals surface area contributed by atoms with Gasteiger partial charge in [-0.15, -0.1) is 15.0 Å². The lowest BCUT2D eigenvalue weighted by Gasteiger charge is -2.09. The minimum atomic E-state index is -4.62. The molecule has 118 valence electrons. The van der Waals surface area contributed by atoms with Gasteiger partial charge in [-0.25, -0.2) is 0 Å². The number of primary amides is 1. The zero-order chi connectivity index (χ0) is 16.8. The van der Waals surface area contributed by atoms with Crippen molar-refractivity contribution in [3.63, 3.8) is 0 Å². The van der Waals surface area contributed by atoms with E-state index in [4.69, 9.17) is 5.73 Å². The van der Waals surface area contributed by atoms with Gasteiger partial charge in [0, 0.05) is 0 Å². The maximum atomic E-state index is 11.4. The van der Waals surface area contributed by atoms with E-state index < -0.39 is 32.2 Å². The van der Waals surface area contributed by atoms with Crippen molar-refractivity contribution >= 4 is 27.1 Å². The van der Waals surface area contributed by atoms with Crippen LogP contribution in [0.15, 0.2) is 41.3 Å². The highest BCUT2D eigenvalue weighted by Gasteiger charge is 2.22. The Hall–Kier alpha value is -2.98. The SMILES string of the molecule is NC(=O)c1cc(S(=O)(=O)O)cc(-n2nc3ccccc3n2)c1O. The summed E-state index contributed by atoms with van der Waals surface area (Å²) in [5.74, 6) is -1.66. The third-order valence-electron chi connectivity index (χ3n) is 3.13. The first kappa shape index (κ1) is 14.9. The van der Waals surface area contributed by atoms with Crippen LogP contribution in [-0.4, -0.2) is 39.0 Å². The highest BCUT2D eigenvalue weighted by molar-refractivity contribution is 7.85. The normalized spacial score (nSPS) is 11.7. The maximum absolute atomic E-state index is 11.4. The number of hydrogen-bond acceptors (Lipinski definition) is 6. The summed E-state index contributed by atoms with van der Waals surface area (Å²) in [6, 6.07) is 8.50. The van der Waals surface area contributed by atoms with Gasteiger partial charge in [0.1, 0.15) is 16.7 Å². The molecule has 1 aromatic heterocycles. The summed E-state index contributed by atoms with van der Waals surface area (Å²) in [4.78, 5) is 11.7.